The molecule has 32 heavy (non-hydrogen) atoms. The molecule has 0 radical (unpaired) electrons. The summed E-state index contributed by atoms with van der Waals surface area (Å²) in [5.41, 5.74) is 1.87. The zero-order valence-corrected chi connectivity index (χ0v) is 19.1. The molecule has 0 spiro atoms. The van der Waals surface area contributed by atoms with Crippen LogP contribution >= 0.6 is 23.2 Å². The van der Waals surface area contributed by atoms with Crippen LogP contribution in [-0.2, 0) is 6.54 Å². The number of benzene rings is 2. The predicted molar refractivity (Wildman–Crippen MR) is 125 cm³/mol. The van der Waals surface area contributed by atoms with Crippen molar-refractivity contribution in [1.82, 2.24) is 14.7 Å². The highest BCUT2D eigenvalue weighted by Crippen LogP contribution is 2.26. The number of amides is 1. The minimum Gasteiger partial charge on any atom is -0.451 e. The summed E-state index contributed by atoms with van der Waals surface area (Å²) in [4.78, 5) is 19.4. The molecule has 5 rings (SSSR count). The lowest BCUT2D eigenvalue weighted by Crippen LogP contribution is -2.53. The van der Waals surface area contributed by atoms with Crippen LogP contribution in [0.4, 0.5) is 0 Å². The lowest BCUT2D eigenvalue weighted by molar-refractivity contribution is 0.0423. The molecule has 2 aliphatic heterocycles. The summed E-state index contributed by atoms with van der Waals surface area (Å²) < 4.78 is 5.73. The SMILES string of the molecule is O=C(c1cc2cc(Cl)ccc2o1)N1C[C@H](O)[C@@H](N2CCN(Cc3ccc(Cl)cc3)CC2)C1. The minimum atomic E-state index is -0.569. The third kappa shape index (κ3) is 4.51. The van der Waals surface area contributed by atoms with Crippen LogP contribution in [0.1, 0.15) is 16.1 Å². The highest BCUT2D eigenvalue weighted by atomic mass is 35.5. The fourth-order valence-corrected chi connectivity index (χ4v) is 4.98. The molecule has 1 amide bonds. The fraction of sp³-hybridized carbons (Fsp3) is 0.375. The standard InChI is InChI=1S/C24H25Cl2N3O3/c25-18-3-1-16(2-4-18)13-27-7-9-28(10-8-27)20-14-29(15-21(20)30)24(31)23-12-17-11-19(26)5-6-22(17)32-23/h1-6,11-12,20-21,30H,7-10,13-15H2/t20-,21-/m0/s1. The molecule has 0 aliphatic carbocycles. The number of furan rings is 1. The van der Waals surface area contributed by atoms with Crippen molar-refractivity contribution in [2.45, 2.75) is 18.7 Å². The molecule has 8 heteroatoms. The van der Waals surface area contributed by atoms with Gasteiger partial charge in [-0.2, -0.15) is 0 Å². The number of aliphatic hydroxyl groups is 1. The van der Waals surface area contributed by atoms with Gasteiger partial charge in [-0.1, -0.05) is 35.3 Å². The van der Waals surface area contributed by atoms with Gasteiger partial charge in [0.1, 0.15) is 5.58 Å². The number of aliphatic hydroxyl groups excluding tert-OH is 1. The van der Waals surface area contributed by atoms with Gasteiger partial charge in [-0.3, -0.25) is 14.6 Å². The van der Waals surface area contributed by atoms with E-state index in [1.165, 1.54) is 5.56 Å². The fourth-order valence-electron chi connectivity index (χ4n) is 4.67. The number of rotatable bonds is 4. The first kappa shape index (κ1) is 21.7. The van der Waals surface area contributed by atoms with Gasteiger partial charge in [0.05, 0.1) is 12.1 Å². The Balaban J connectivity index is 1.19. The van der Waals surface area contributed by atoms with E-state index in [4.69, 9.17) is 27.6 Å². The highest BCUT2D eigenvalue weighted by molar-refractivity contribution is 6.31. The normalized spacial score (nSPS) is 22.7. The van der Waals surface area contributed by atoms with Crippen molar-refractivity contribution in [2.75, 3.05) is 39.3 Å². The number of carbonyl (C=O) groups excluding carboxylic acids is 1. The van der Waals surface area contributed by atoms with Crippen LogP contribution in [0.25, 0.3) is 11.0 Å². The van der Waals surface area contributed by atoms with Crippen LogP contribution in [-0.4, -0.2) is 77.1 Å². The summed E-state index contributed by atoms with van der Waals surface area (Å²) in [6.07, 6.45) is -0.569. The zero-order valence-electron chi connectivity index (χ0n) is 17.6. The van der Waals surface area contributed by atoms with Gasteiger partial charge < -0.3 is 14.4 Å². The molecule has 6 nitrogen and oxygen atoms in total. The molecule has 1 N–H and O–H groups in total. The molecule has 0 saturated carbocycles. The van der Waals surface area contributed by atoms with Crippen molar-refractivity contribution in [1.29, 1.82) is 0 Å². The van der Waals surface area contributed by atoms with Gasteiger partial charge in [0, 0.05) is 61.2 Å². The molecule has 2 aromatic carbocycles. The van der Waals surface area contributed by atoms with E-state index < -0.39 is 6.10 Å². The third-order valence-electron chi connectivity index (χ3n) is 6.43. The average Bonchev–Trinajstić information content (AvgIpc) is 3.38. The van der Waals surface area contributed by atoms with Crippen LogP contribution < -0.4 is 0 Å². The first-order chi connectivity index (χ1) is 15.5. The molecule has 2 aliphatic rings. The number of fused-ring (bicyclic) bond motifs is 1. The molecule has 2 fully saturated rings. The van der Waals surface area contributed by atoms with E-state index >= 15 is 0 Å². The van der Waals surface area contributed by atoms with Crippen molar-refractivity contribution < 1.29 is 14.3 Å². The molecule has 0 bridgehead atoms. The minimum absolute atomic E-state index is 0.0598. The summed E-state index contributed by atoms with van der Waals surface area (Å²) >= 11 is 12.0. The van der Waals surface area contributed by atoms with Gasteiger partial charge in [0.2, 0.25) is 0 Å². The van der Waals surface area contributed by atoms with Gasteiger partial charge in [0.15, 0.2) is 5.76 Å². The molecule has 3 heterocycles. The number of piperazine rings is 1. The number of hydrogen-bond acceptors (Lipinski definition) is 5. The Hall–Kier alpha value is -2.09. The number of β-amino-alcohol motifs (C(OH)–C–C–N with tert-alkyl or cyclic N) is 1. The van der Waals surface area contributed by atoms with Crippen molar-refractivity contribution >= 4 is 40.1 Å². The number of hydrogen-bond donors (Lipinski definition) is 1. The zero-order chi connectivity index (χ0) is 22.2. The van der Waals surface area contributed by atoms with E-state index in [1.54, 1.807) is 29.2 Å². The smallest absolute Gasteiger partial charge is 0.289 e. The number of likely N-dealkylation sites (tertiary alicyclic amines) is 1. The summed E-state index contributed by atoms with van der Waals surface area (Å²) in [5.74, 6) is 0.0862. The van der Waals surface area contributed by atoms with Crippen molar-refractivity contribution in [2.24, 2.45) is 0 Å². The van der Waals surface area contributed by atoms with Gasteiger partial charge in [0.25, 0.3) is 5.91 Å². The molecule has 3 aromatic rings. The van der Waals surface area contributed by atoms with Gasteiger partial charge in [-0.25, -0.2) is 0 Å². The largest absolute Gasteiger partial charge is 0.451 e. The number of carbonyl (C=O) groups is 1. The van der Waals surface area contributed by atoms with Crippen molar-refractivity contribution in [3.63, 3.8) is 0 Å². The third-order valence-corrected chi connectivity index (χ3v) is 6.92. The van der Waals surface area contributed by atoms with Crippen LogP contribution in [0.2, 0.25) is 10.0 Å². The Morgan fingerprint density at radius 1 is 0.969 bits per heavy atom. The Morgan fingerprint density at radius 2 is 1.69 bits per heavy atom. The van der Waals surface area contributed by atoms with Crippen molar-refractivity contribution in [3.05, 3.63) is 69.9 Å². The molecular formula is C24H25Cl2N3O3. The van der Waals surface area contributed by atoms with E-state index in [2.05, 4.69) is 21.9 Å². The quantitative estimate of drug-likeness (QED) is 0.625. The summed E-state index contributed by atoms with van der Waals surface area (Å²) in [5, 5.41) is 12.9. The first-order valence-corrected chi connectivity index (χ1v) is 11.6. The number of nitrogens with zero attached hydrogens (tertiary/aromatic N) is 3. The molecular weight excluding hydrogens is 449 g/mol. The molecule has 1 aromatic heterocycles. The van der Waals surface area contributed by atoms with E-state index in [9.17, 15) is 9.90 Å². The Bertz CT molecular complexity index is 1110. The Labute approximate surface area is 196 Å². The summed E-state index contributed by atoms with van der Waals surface area (Å²) in [7, 11) is 0. The maximum atomic E-state index is 13.0. The molecule has 0 unspecified atom stereocenters. The lowest BCUT2D eigenvalue weighted by atomic mass is 10.1. The monoisotopic (exact) mass is 473 g/mol. The van der Waals surface area contributed by atoms with Crippen LogP contribution in [0.3, 0.4) is 0 Å². The summed E-state index contributed by atoms with van der Waals surface area (Å²) in [6.45, 7) is 5.26. The van der Waals surface area contributed by atoms with Gasteiger partial charge in [-0.15, -0.1) is 0 Å². The second-order valence-corrected chi connectivity index (χ2v) is 9.45. The van der Waals surface area contributed by atoms with E-state index in [1.807, 2.05) is 12.1 Å². The first-order valence-electron chi connectivity index (χ1n) is 10.8. The van der Waals surface area contributed by atoms with Gasteiger partial charge >= 0.3 is 0 Å². The van der Waals surface area contributed by atoms with E-state index in [0.717, 1.165) is 43.1 Å². The maximum Gasteiger partial charge on any atom is 0.289 e. The van der Waals surface area contributed by atoms with E-state index in [-0.39, 0.29) is 17.7 Å². The lowest BCUT2D eigenvalue weighted by Gasteiger charge is -2.38. The van der Waals surface area contributed by atoms with Crippen LogP contribution in [0, 0.1) is 0 Å². The van der Waals surface area contributed by atoms with Crippen LogP contribution in [0.15, 0.2) is 52.9 Å². The average molecular weight is 474 g/mol. The van der Waals surface area contributed by atoms with E-state index in [0.29, 0.717) is 23.7 Å². The molecule has 2 saturated heterocycles. The molecule has 168 valence electrons. The second-order valence-electron chi connectivity index (χ2n) is 8.58. The molecule has 2 atom stereocenters. The van der Waals surface area contributed by atoms with Crippen LogP contribution in [0.5, 0.6) is 0 Å². The second kappa shape index (κ2) is 9.04. The topological polar surface area (TPSA) is 60.2 Å². The highest BCUT2D eigenvalue weighted by Gasteiger charge is 2.39. The predicted octanol–water partition coefficient (Wildman–Crippen LogP) is 3.74. The van der Waals surface area contributed by atoms with Crippen molar-refractivity contribution in [3.8, 4) is 0 Å². The number of halogens is 2. The maximum absolute atomic E-state index is 13.0. The Morgan fingerprint density at radius 3 is 2.44 bits per heavy atom. The Kier molecular flexibility index (Phi) is 6.14. The summed E-state index contributed by atoms with van der Waals surface area (Å²) in [6, 6.07) is 14.9. The van der Waals surface area contributed by atoms with Gasteiger partial charge in [-0.05, 0) is 42.0 Å².